The van der Waals surface area contributed by atoms with Gasteiger partial charge in [-0.25, -0.2) is 0 Å². The standard InChI is InChI=1S/C12H13BrN2O3/c1-11(2,9(14)16)12(18)7-5-6(13)3-4-8(7)15-10(12)17/h3-5,18H,1-2H3,(H2,14,16)(H,15,17). The summed E-state index contributed by atoms with van der Waals surface area (Å²) >= 11 is 3.27. The second-order valence-corrected chi connectivity index (χ2v) is 5.76. The number of nitrogens with two attached hydrogens (primary N) is 1. The molecule has 18 heavy (non-hydrogen) atoms. The Morgan fingerprint density at radius 3 is 2.67 bits per heavy atom. The van der Waals surface area contributed by atoms with Crippen molar-refractivity contribution in [3.8, 4) is 0 Å². The number of anilines is 1. The quantitative estimate of drug-likeness (QED) is 0.763. The highest BCUT2D eigenvalue weighted by atomic mass is 79.9. The van der Waals surface area contributed by atoms with Crippen LogP contribution in [0, 0.1) is 5.41 Å². The van der Waals surface area contributed by atoms with Crippen molar-refractivity contribution in [3.63, 3.8) is 0 Å². The first-order valence-electron chi connectivity index (χ1n) is 5.35. The van der Waals surface area contributed by atoms with E-state index in [0.717, 1.165) is 0 Å². The number of hydrogen-bond donors (Lipinski definition) is 3. The van der Waals surface area contributed by atoms with Crippen molar-refractivity contribution >= 4 is 33.4 Å². The molecule has 0 aromatic heterocycles. The molecule has 1 aromatic rings. The van der Waals surface area contributed by atoms with Gasteiger partial charge in [0.15, 0.2) is 5.60 Å². The van der Waals surface area contributed by atoms with E-state index < -0.39 is 22.8 Å². The van der Waals surface area contributed by atoms with E-state index in [0.29, 0.717) is 15.7 Å². The van der Waals surface area contributed by atoms with Crippen LogP contribution in [0.25, 0.3) is 0 Å². The molecule has 5 nitrogen and oxygen atoms in total. The van der Waals surface area contributed by atoms with Crippen LogP contribution in [0.4, 0.5) is 5.69 Å². The van der Waals surface area contributed by atoms with Crippen LogP contribution in [-0.2, 0) is 15.2 Å². The van der Waals surface area contributed by atoms with E-state index in [9.17, 15) is 14.7 Å². The van der Waals surface area contributed by atoms with Crippen molar-refractivity contribution in [2.45, 2.75) is 19.4 Å². The number of halogens is 1. The molecule has 2 rings (SSSR count). The molecule has 1 heterocycles. The number of primary amides is 1. The molecule has 1 aromatic carbocycles. The molecule has 96 valence electrons. The van der Waals surface area contributed by atoms with Gasteiger partial charge in [-0.1, -0.05) is 15.9 Å². The first-order valence-corrected chi connectivity index (χ1v) is 6.14. The highest BCUT2D eigenvalue weighted by Crippen LogP contribution is 2.47. The summed E-state index contributed by atoms with van der Waals surface area (Å²) in [5.41, 5.74) is 2.77. The number of rotatable bonds is 2. The molecule has 1 unspecified atom stereocenters. The Morgan fingerprint density at radius 1 is 1.50 bits per heavy atom. The maximum atomic E-state index is 12.0. The van der Waals surface area contributed by atoms with Crippen LogP contribution in [0.2, 0.25) is 0 Å². The molecule has 0 aliphatic carbocycles. The van der Waals surface area contributed by atoms with Crippen LogP contribution in [0.3, 0.4) is 0 Å². The lowest BCUT2D eigenvalue weighted by Crippen LogP contribution is -2.54. The molecule has 0 fully saturated rings. The predicted octanol–water partition coefficient (Wildman–Crippen LogP) is 1.10. The molecule has 0 saturated carbocycles. The molecule has 1 aliphatic rings. The zero-order valence-electron chi connectivity index (χ0n) is 9.95. The maximum absolute atomic E-state index is 12.0. The van der Waals surface area contributed by atoms with E-state index in [1.54, 1.807) is 18.2 Å². The number of hydrogen-bond acceptors (Lipinski definition) is 3. The van der Waals surface area contributed by atoms with E-state index in [2.05, 4.69) is 21.2 Å². The zero-order valence-corrected chi connectivity index (χ0v) is 11.5. The number of carbonyl (C=O) groups is 2. The van der Waals surface area contributed by atoms with E-state index >= 15 is 0 Å². The number of fused-ring (bicyclic) bond motifs is 1. The zero-order chi connectivity index (χ0) is 13.7. The van der Waals surface area contributed by atoms with Crippen LogP contribution in [0.1, 0.15) is 19.4 Å². The monoisotopic (exact) mass is 312 g/mol. The fraction of sp³-hybridized carbons (Fsp3) is 0.333. The van der Waals surface area contributed by atoms with Gasteiger partial charge in [-0.15, -0.1) is 0 Å². The summed E-state index contributed by atoms with van der Waals surface area (Å²) in [4.78, 5) is 23.6. The second-order valence-electron chi connectivity index (χ2n) is 4.84. The molecule has 0 bridgehead atoms. The SMILES string of the molecule is CC(C)(C(N)=O)C1(O)C(=O)Nc2ccc(Br)cc21. The van der Waals surface area contributed by atoms with Crippen molar-refractivity contribution < 1.29 is 14.7 Å². The second kappa shape index (κ2) is 3.80. The minimum absolute atomic E-state index is 0.352. The Bertz CT molecular complexity index is 556. The van der Waals surface area contributed by atoms with Crippen LogP contribution in [0.15, 0.2) is 22.7 Å². The molecular formula is C12H13BrN2O3. The third-order valence-electron chi connectivity index (χ3n) is 3.47. The molecule has 1 aliphatic heterocycles. The van der Waals surface area contributed by atoms with Crippen LogP contribution in [-0.4, -0.2) is 16.9 Å². The first-order chi connectivity index (χ1) is 8.21. The Morgan fingerprint density at radius 2 is 2.11 bits per heavy atom. The Balaban J connectivity index is 2.69. The van der Waals surface area contributed by atoms with Gasteiger partial charge in [-0.3, -0.25) is 9.59 Å². The van der Waals surface area contributed by atoms with Crippen molar-refractivity contribution in [2.75, 3.05) is 5.32 Å². The van der Waals surface area contributed by atoms with Gasteiger partial charge >= 0.3 is 0 Å². The molecule has 0 spiro atoms. The third-order valence-corrected chi connectivity index (χ3v) is 3.96. The number of carbonyl (C=O) groups excluding carboxylic acids is 2. The topological polar surface area (TPSA) is 92.4 Å². The molecule has 2 amide bonds. The largest absolute Gasteiger partial charge is 0.374 e. The van der Waals surface area contributed by atoms with Gasteiger partial charge in [0, 0.05) is 15.7 Å². The lowest BCUT2D eigenvalue weighted by Gasteiger charge is -2.35. The first kappa shape index (κ1) is 13.0. The van der Waals surface area contributed by atoms with Gasteiger partial charge in [-0.2, -0.15) is 0 Å². The van der Waals surface area contributed by atoms with Gasteiger partial charge in [-0.05, 0) is 32.0 Å². The third kappa shape index (κ3) is 1.49. The van der Waals surface area contributed by atoms with Crippen molar-refractivity contribution in [2.24, 2.45) is 11.1 Å². The average molecular weight is 313 g/mol. The highest BCUT2D eigenvalue weighted by molar-refractivity contribution is 9.10. The maximum Gasteiger partial charge on any atom is 0.262 e. The summed E-state index contributed by atoms with van der Waals surface area (Å²) in [6, 6.07) is 5.01. The Kier molecular flexibility index (Phi) is 2.75. The van der Waals surface area contributed by atoms with Gasteiger partial charge in [0.1, 0.15) is 0 Å². The smallest absolute Gasteiger partial charge is 0.262 e. The summed E-state index contributed by atoms with van der Waals surface area (Å²) in [6.07, 6.45) is 0. The van der Waals surface area contributed by atoms with E-state index in [1.807, 2.05) is 0 Å². The lowest BCUT2D eigenvalue weighted by atomic mass is 9.71. The average Bonchev–Trinajstić information content (AvgIpc) is 2.53. The Labute approximate surface area is 112 Å². The molecule has 0 radical (unpaired) electrons. The summed E-state index contributed by atoms with van der Waals surface area (Å²) in [6.45, 7) is 2.90. The minimum Gasteiger partial charge on any atom is -0.374 e. The van der Waals surface area contributed by atoms with Gasteiger partial charge in [0.2, 0.25) is 5.91 Å². The molecule has 6 heteroatoms. The number of amides is 2. The minimum atomic E-state index is -1.96. The van der Waals surface area contributed by atoms with E-state index in [1.165, 1.54) is 13.8 Å². The van der Waals surface area contributed by atoms with Crippen LogP contribution < -0.4 is 11.1 Å². The fourth-order valence-corrected chi connectivity index (χ4v) is 2.42. The van der Waals surface area contributed by atoms with Crippen molar-refractivity contribution in [1.29, 1.82) is 0 Å². The predicted molar refractivity (Wildman–Crippen MR) is 69.6 cm³/mol. The van der Waals surface area contributed by atoms with Gasteiger partial charge in [0.05, 0.1) is 5.41 Å². The van der Waals surface area contributed by atoms with E-state index in [4.69, 9.17) is 5.73 Å². The lowest BCUT2D eigenvalue weighted by molar-refractivity contribution is -0.158. The van der Waals surface area contributed by atoms with Crippen molar-refractivity contribution in [3.05, 3.63) is 28.2 Å². The fourth-order valence-electron chi connectivity index (χ4n) is 2.06. The van der Waals surface area contributed by atoms with E-state index in [-0.39, 0.29) is 0 Å². The van der Waals surface area contributed by atoms with Crippen LogP contribution in [0.5, 0.6) is 0 Å². The summed E-state index contributed by atoms with van der Waals surface area (Å²) in [5.74, 6) is -1.38. The molecule has 4 N–H and O–H groups in total. The van der Waals surface area contributed by atoms with Gasteiger partial charge in [0.25, 0.3) is 5.91 Å². The van der Waals surface area contributed by atoms with Gasteiger partial charge < -0.3 is 16.2 Å². The number of benzene rings is 1. The summed E-state index contributed by atoms with van der Waals surface area (Å²) in [7, 11) is 0. The summed E-state index contributed by atoms with van der Waals surface area (Å²) in [5, 5.41) is 13.3. The normalized spacial score (nSPS) is 22.6. The Hall–Kier alpha value is -1.40. The molecule has 0 saturated heterocycles. The number of nitrogens with one attached hydrogen (secondary N) is 1. The summed E-state index contributed by atoms with van der Waals surface area (Å²) < 4.78 is 0.705. The molecule has 1 atom stereocenters. The number of aliphatic hydroxyl groups is 1. The van der Waals surface area contributed by atoms with Crippen LogP contribution >= 0.6 is 15.9 Å². The molecular weight excluding hydrogens is 300 g/mol. The highest BCUT2D eigenvalue weighted by Gasteiger charge is 2.58. The van der Waals surface area contributed by atoms with Crippen molar-refractivity contribution in [1.82, 2.24) is 0 Å².